The largest absolute Gasteiger partial charge is 0.224 e. The van der Waals surface area contributed by atoms with Crippen molar-refractivity contribution in [2.75, 3.05) is 5.75 Å². The van der Waals surface area contributed by atoms with Crippen LogP contribution in [-0.4, -0.2) is 14.2 Å². The van der Waals surface area contributed by atoms with E-state index in [1.165, 1.54) is 11.3 Å². The molecule has 0 aliphatic heterocycles. The smallest absolute Gasteiger partial charge is 0.178 e. The van der Waals surface area contributed by atoms with Crippen molar-refractivity contribution in [3.63, 3.8) is 0 Å². The molecule has 2 nitrogen and oxygen atoms in total. The van der Waals surface area contributed by atoms with Crippen molar-refractivity contribution in [1.29, 1.82) is 0 Å². The normalized spacial score (nSPS) is 11.7. The van der Waals surface area contributed by atoms with Gasteiger partial charge in [0.05, 0.1) is 10.6 Å². The number of sulfone groups is 1. The number of thiophene rings is 1. The minimum absolute atomic E-state index is 0.184. The molecule has 0 aromatic carbocycles. The second-order valence-electron chi connectivity index (χ2n) is 1.86. The van der Waals surface area contributed by atoms with Gasteiger partial charge >= 0.3 is 0 Å². The highest BCUT2D eigenvalue weighted by Gasteiger charge is 2.10. The van der Waals surface area contributed by atoms with Gasteiger partial charge in [0.1, 0.15) is 0 Å². The van der Waals surface area contributed by atoms with Crippen LogP contribution in [0.3, 0.4) is 0 Å². The van der Waals surface area contributed by atoms with Gasteiger partial charge in [-0.3, -0.25) is 0 Å². The molecule has 0 spiro atoms. The summed E-state index contributed by atoms with van der Waals surface area (Å²) in [6.45, 7) is 1.65. The van der Waals surface area contributed by atoms with E-state index >= 15 is 0 Å². The molecule has 4 heteroatoms. The Labute approximate surface area is 64.4 Å². The van der Waals surface area contributed by atoms with Crippen LogP contribution >= 0.6 is 11.3 Å². The van der Waals surface area contributed by atoms with Gasteiger partial charge in [0, 0.05) is 5.38 Å². The fourth-order valence-electron chi connectivity index (χ4n) is 0.596. The monoisotopic (exact) mass is 176 g/mol. The van der Waals surface area contributed by atoms with Gasteiger partial charge in [-0.05, 0) is 11.4 Å². The highest BCUT2D eigenvalue weighted by atomic mass is 32.2. The summed E-state index contributed by atoms with van der Waals surface area (Å²) in [5.74, 6) is 0.184. The van der Waals surface area contributed by atoms with Crippen LogP contribution in [0.4, 0.5) is 0 Å². The molecule has 10 heavy (non-hydrogen) atoms. The molecule has 1 rings (SSSR count). The SMILES string of the molecule is CCS(=O)(=O)c1ccsc1. The summed E-state index contributed by atoms with van der Waals surface area (Å²) in [4.78, 5) is 0.444. The van der Waals surface area contributed by atoms with Crippen molar-refractivity contribution < 1.29 is 8.42 Å². The van der Waals surface area contributed by atoms with Gasteiger partial charge in [-0.25, -0.2) is 8.42 Å². The molecule has 0 bridgehead atoms. The van der Waals surface area contributed by atoms with Crippen molar-refractivity contribution in [2.24, 2.45) is 0 Å². The standard InChI is InChI=1S/C6H8O2S2/c1-2-10(7,8)6-3-4-9-5-6/h3-5H,2H2,1H3. The fraction of sp³-hybridized carbons (Fsp3) is 0.333. The van der Waals surface area contributed by atoms with Crippen molar-refractivity contribution in [1.82, 2.24) is 0 Å². The van der Waals surface area contributed by atoms with E-state index in [2.05, 4.69) is 0 Å². The Bertz CT molecular complexity index is 284. The van der Waals surface area contributed by atoms with Crippen LogP contribution in [0.1, 0.15) is 6.92 Å². The quantitative estimate of drug-likeness (QED) is 0.685. The van der Waals surface area contributed by atoms with E-state index in [4.69, 9.17) is 0 Å². The molecular formula is C6H8O2S2. The van der Waals surface area contributed by atoms with Crippen LogP contribution in [0.5, 0.6) is 0 Å². The molecule has 0 fully saturated rings. The van der Waals surface area contributed by atoms with Gasteiger partial charge < -0.3 is 0 Å². The van der Waals surface area contributed by atoms with Crippen LogP contribution < -0.4 is 0 Å². The summed E-state index contributed by atoms with van der Waals surface area (Å²) < 4.78 is 22.1. The predicted molar refractivity (Wildman–Crippen MR) is 42.0 cm³/mol. The maximum atomic E-state index is 11.1. The zero-order valence-electron chi connectivity index (χ0n) is 5.57. The van der Waals surface area contributed by atoms with Crippen LogP contribution in [0, 0.1) is 0 Å². The first-order chi connectivity index (χ1) is 4.67. The first kappa shape index (κ1) is 7.75. The highest BCUT2D eigenvalue weighted by Crippen LogP contribution is 2.13. The number of hydrogen-bond acceptors (Lipinski definition) is 3. The van der Waals surface area contributed by atoms with Gasteiger partial charge in [-0.15, -0.1) is 0 Å². The van der Waals surface area contributed by atoms with Gasteiger partial charge in [-0.1, -0.05) is 6.92 Å². The van der Waals surface area contributed by atoms with Gasteiger partial charge in [0.2, 0.25) is 0 Å². The van der Waals surface area contributed by atoms with E-state index in [0.29, 0.717) is 4.90 Å². The predicted octanol–water partition coefficient (Wildman–Crippen LogP) is 1.54. The molecule has 0 N–H and O–H groups in total. The fourth-order valence-corrected chi connectivity index (χ4v) is 2.56. The lowest BCUT2D eigenvalue weighted by Crippen LogP contribution is -2.01. The molecule has 0 radical (unpaired) electrons. The molecule has 56 valence electrons. The van der Waals surface area contributed by atoms with E-state index in [1.54, 1.807) is 23.8 Å². The Morgan fingerprint density at radius 1 is 1.60 bits per heavy atom. The second kappa shape index (κ2) is 2.72. The molecule has 0 atom stereocenters. The molecular weight excluding hydrogens is 168 g/mol. The highest BCUT2D eigenvalue weighted by molar-refractivity contribution is 7.91. The third-order valence-corrected chi connectivity index (χ3v) is 3.80. The summed E-state index contributed by atoms with van der Waals surface area (Å²) in [6.07, 6.45) is 0. The second-order valence-corrected chi connectivity index (χ2v) is 4.92. The average molecular weight is 176 g/mol. The Morgan fingerprint density at radius 3 is 2.70 bits per heavy atom. The van der Waals surface area contributed by atoms with E-state index < -0.39 is 9.84 Å². The Balaban J connectivity index is 3.09. The molecule has 0 amide bonds. The summed E-state index contributed by atoms with van der Waals surface area (Å²) in [5.41, 5.74) is 0. The third kappa shape index (κ3) is 1.38. The maximum Gasteiger partial charge on any atom is 0.178 e. The number of hydrogen-bond donors (Lipinski definition) is 0. The lowest BCUT2D eigenvalue weighted by Gasteiger charge is -1.93. The molecule has 1 aromatic heterocycles. The van der Waals surface area contributed by atoms with Crippen molar-refractivity contribution in [3.8, 4) is 0 Å². The third-order valence-electron chi connectivity index (χ3n) is 1.23. The molecule has 0 saturated carbocycles. The first-order valence-electron chi connectivity index (χ1n) is 2.92. The summed E-state index contributed by atoms with van der Waals surface area (Å²) >= 11 is 1.40. The van der Waals surface area contributed by atoms with E-state index in [9.17, 15) is 8.42 Å². The number of rotatable bonds is 2. The molecule has 1 aromatic rings. The first-order valence-corrected chi connectivity index (χ1v) is 5.51. The lowest BCUT2D eigenvalue weighted by molar-refractivity contribution is 0.597. The van der Waals surface area contributed by atoms with Crippen molar-refractivity contribution in [3.05, 3.63) is 16.8 Å². The van der Waals surface area contributed by atoms with E-state index in [0.717, 1.165) is 0 Å². The van der Waals surface area contributed by atoms with Crippen LogP contribution in [-0.2, 0) is 9.84 Å². The lowest BCUT2D eigenvalue weighted by atomic mass is 10.7. The minimum Gasteiger partial charge on any atom is -0.224 e. The molecule has 0 aliphatic rings. The Morgan fingerprint density at radius 2 is 2.30 bits per heavy atom. The Kier molecular flexibility index (Phi) is 2.11. The van der Waals surface area contributed by atoms with Crippen LogP contribution in [0.25, 0.3) is 0 Å². The molecule has 0 unspecified atom stereocenters. The topological polar surface area (TPSA) is 34.1 Å². The molecule has 0 saturated heterocycles. The zero-order chi connectivity index (χ0) is 7.61. The van der Waals surface area contributed by atoms with Gasteiger partial charge in [0.25, 0.3) is 0 Å². The maximum absolute atomic E-state index is 11.1. The van der Waals surface area contributed by atoms with Gasteiger partial charge in [-0.2, -0.15) is 11.3 Å². The van der Waals surface area contributed by atoms with Crippen molar-refractivity contribution >= 4 is 21.2 Å². The summed E-state index contributed by atoms with van der Waals surface area (Å²) in [6, 6.07) is 1.63. The summed E-state index contributed by atoms with van der Waals surface area (Å²) in [5, 5.41) is 3.42. The van der Waals surface area contributed by atoms with Crippen LogP contribution in [0.2, 0.25) is 0 Å². The Hall–Kier alpha value is -0.350. The van der Waals surface area contributed by atoms with Crippen molar-refractivity contribution in [2.45, 2.75) is 11.8 Å². The molecule has 0 aliphatic carbocycles. The van der Waals surface area contributed by atoms with E-state index in [-0.39, 0.29) is 5.75 Å². The average Bonchev–Trinajstić information content (AvgIpc) is 2.38. The van der Waals surface area contributed by atoms with Crippen LogP contribution in [0.15, 0.2) is 21.7 Å². The molecule has 1 heterocycles. The zero-order valence-corrected chi connectivity index (χ0v) is 7.21. The van der Waals surface area contributed by atoms with Gasteiger partial charge in [0.15, 0.2) is 9.84 Å². The summed E-state index contributed by atoms with van der Waals surface area (Å²) in [7, 11) is -2.94. The van der Waals surface area contributed by atoms with E-state index in [1.807, 2.05) is 0 Å². The minimum atomic E-state index is -2.94.